The third-order valence-electron chi connectivity index (χ3n) is 21.4. The summed E-state index contributed by atoms with van der Waals surface area (Å²) in [5.74, 6) is 10.8. The Morgan fingerprint density at radius 2 is 0.754 bits per heavy atom. The fraction of sp³-hybridized carbons (Fsp3) is 0.400. The first kappa shape index (κ1) is 91.3. The molecule has 5 N–H and O–H groups in total. The zero-order chi connectivity index (χ0) is 87.1. The highest BCUT2D eigenvalue weighted by atomic mass is 35.5. The Morgan fingerprint density at radius 1 is 0.443 bits per heavy atom. The molecule has 7 aromatic carbocycles. The van der Waals surface area contributed by atoms with Crippen molar-refractivity contribution < 1.29 is 46.4 Å². The number of carbonyl (C=O) groups is 3. The number of aryl methyl sites for hydroxylation is 7. The molecule has 0 saturated heterocycles. The van der Waals surface area contributed by atoms with E-state index in [9.17, 15) is 18.6 Å². The average Bonchev–Trinajstić information content (AvgIpc) is 1.67. The molecule has 12 aromatic rings. The van der Waals surface area contributed by atoms with Crippen LogP contribution in [0.2, 0.25) is 0 Å². The predicted molar refractivity (Wildman–Crippen MR) is 477 cm³/mol. The van der Waals surface area contributed by atoms with Crippen molar-refractivity contribution in [3.05, 3.63) is 235 Å². The summed E-state index contributed by atoms with van der Waals surface area (Å²) in [4.78, 5) is 61.2. The van der Waals surface area contributed by atoms with E-state index in [2.05, 4.69) is 132 Å². The smallest absolute Gasteiger partial charge is 0.230 e. The minimum atomic E-state index is -0.961. The molecular formula is C95H109ClN14O10S2. The van der Waals surface area contributed by atoms with Gasteiger partial charge in [0, 0.05) is 110 Å². The van der Waals surface area contributed by atoms with Gasteiger partial charge in [0.1, 0.15) is 17.3 Å². The molecule has 0 bridgehead atoms. The Bertz CT molecular complexity index is 5580. The van der Waals surface area contributed by atoms with Crippen LogP contribution in [0.5, 0.6) is 0 Å². The van der Waals surface area contributed by atoms with Crippen LogP contribution in [0, 0.1) is 6.57 Å². The molecular weight excluding hydrogens is 1600 g/mol. The lowest BCUT2D eigenvalue weighted by molar-refractivity contribution is -0.117. The second kappa shape index (κ2) is 43.9. The van der Waals surface area contributed by atoms with E-state index in [1.54, 1.807) is 50.9 Å². The number of nitrogens with two attached hydrogens (primary N) is 2. The number of amidine groups is 1. The van der Waals surface area contributed by atoms with E-state index < -0.39 is 10.8 Å². The van der Waals surface area contributed by atoms with Gasteiger partial charge in [-0.05, 0) is 265 Å². The van der Waals surface area contributed by atoms with Crippen molar-refractivity contribution in [2.45, 2.75) is 243 Å². The first-order valence-electron chi connectivity index (χ1n) is 42.1. The number of aromatic nitrogens is 10. The Hall–Kier alpha value is -11.4. The monoisotopic (exact) mass is 1700 g/mol. The highest BCUT2D eigenvalue weighted by Gasteiger charge is 2.34. The van der Waals surface area contributed by atoms with Crippen molar-refractivity contribution in [3.63, 3.8) is 0 Å². The van der Waals surface area contributed by atoms with Crippen molar-refractivity contribution in [2.24, 2.45) is 10.9 Å². The molecule has 5 aliphatic carbocycles. The summed E-state index contributed by atoms with van der Waals surface area (Å²) < 4.78 is 38.1. The van der Waals surface area contributed by atoms with Gasteiger partial charge in [-0.1, -0.05) is 140 Å². The number of nitrogen functional groups attached to an aromatic ring is 1. The summed E-state index contributed by atoms with van der Waals surface area (Å²) in [7, 11) is -0.961. The summed E-state index contributed by atoms with van der Waals surface area (Å²) in [5.41, 5.74) is 30.9. The van der Waals surface area contributed by atoms with Crippen LogP contribution in [0.3, 0.4) is 0 Å². The standard InChI is InChI=1S/C16H18N2O2.C14H15ClN2O.C14H16N2O2S.C14H16N2OS.C13H15N3O.C12H16N2O2.C12H13NO/c1-3-11-9-14(7-6-13(11)8-10(2)19)15-17-16(20-18-15)12-4-5-12;1-2-9-7-11(5-6-12(9)8-15)13-16-14(18-17-13)10-3-4-10;1-3-9-8-11(6-7-12(9)19(2)17)13-15-14(18-16-13)10-4-5-10;1-3-9-8-11(6-7-12(9)18-2)13-15-14(17-16-13)10-4-5-10;1-2-8-7-10(5-6-11(8)14)12-15-13(17-16-12)9-3-4-9;1-3-9-7-11(12(13)14-16)5-4-10(9)6-8(2)15;1-4-10-8-12(13-3)6-5-11(10)7-9(2)14/h6-7,9,12H,3-5,8H2,1-2H3;5-7,10H,2-4,8H2,1H3;6-8,10H,3-5H2,1-2H3;6-8,10H,3-5H2,1-2H3;5-7,9H,2-4,14H2,1H3;4-5,7,16H,3,6H2,1-2H3,(H2,13,14);5-6,8H,4,7H2,1-2H3. The number of Topliss-reactive ketones (excluding diaryl/α,β-unsaturated/α-hetero) is 3. The summed E-state index contributed by atoms with van der Waals surface area (Å²) in [6.07, 6.45) is 23.2. The van der Waals surface area contributed by atoms with Gasteiger partial charge < -0.3 is 39.3 Å². The third-order valence-corrected chi connectivity index (χ3v) is 23.5. The van der Waals surface area contributed by atoms with E-state index in [0.717, 1.165) is 183 Å². The van der Waals surface area contributed by atoms with E-state index in [1.807, 2.05) is 98.8 Å². The van der Waals surface area contributed by atoms with E-state index in [0.29, 0.717) is 89.3 Å². The van der Waals surface area contributed by atoms with Gasteiger partial charge in [0.2, 0.25) is 58.6 Å². The largest absolute Gasteiger partial charge is 0.409 e. The molecule has 5 heterocycles. The lowest BCUT2D eigenvalue weighted by Gasteiger charge is -2.08. The Balaban J connectivity index is 0.000000139. The quantitative estimate of drug-likeness (QED) is 0.00629. The number of rotatable bonds is 27. The summed E-state index contributed by atoms with van der Waals surface area (Å²) in [5, 5.41) is 31.8. The van der Waals surface area contributed by atoms with Crippen LogP contribution in [-0.4, -0.2) is 95.8 Å². The van der Waals surface area contributed by atoms with Crippen LogP contribution >= 0.6 is 23.4 Å². The molecule has 638 valence electrons. The Kier molecular flexibility index (Phi) is 32.9. The Morgan fingerprint density at radius 3 is 1.10 bits per heavy atom. The summed E-state index contributed by atoms with van der Waals surface area (Å²) in [6.45, 7) is 26.2. The number of thioether (sulfide) groups is 1. The van der Waals surface area contributed by atoms with Crippen LogP contribution in [0.1, 0.15) is 259 Å². The molecule has 5 saturated carbocycles. The van der Waals surface area contributed by atoms with E-state index >= 15 is 0 Å². The molecule has 0 radical (unpaired) electrons. The fourth-order valence-electron chi connectivity index (χ4n) is 13.6. The molecule has 27 heteroatoms. The molecule has 17 rings (SSSR count). The molecule has 122 heavy (non-hydrogen) atoms. The Labute approximate surface area is 725 Å². The molecule has 1 unspecified atom stereocenters. The number of nitrogens with zero attached hydrogens (tertiary/aromatic N) is 12. The van der Waals surface area contributed by atoms with Crippen LogP contribution < -0.4 is 11.5 Å². The number of ketones is 3. The topological polar surface area (TPSA) is 352 Å². The number of alkyl halides is 1. The highest BCUT2D eigenvalue weighted by Crippen LogP contribution is 2.44. The molecule has 0 spiro atoms. The minimum Gasteiger partial charge on any atom is -0.409 e. The van der Waals surface area contributed by atoms with Crippen LogP contribution in [0.25, 0.3) is 61.8 Å². The molecule has 5 fully saturated rings. The third kappa shape index (κ3) is 25.6. The number of benzene rings is 7. The van der Waals surface area contributed by atoms with Gasteiger partial charge in [-0.25, -0.2) is 4.85 Å². The lowest BCUT2D eigenvalue weighted by atomic mass is 9.98. The number of halogens is 1. The molecule has 0 amide bonds. The van der Waals surface area contributed by atoms with Gasteiger partial charge in [-0.15, -0.1) is 23.4 Å². The SMILES string of the molecule is CCc1cc(-c2noc(C3CC3)n2)ccc1CC(C)=O.CCc1cc(-c2noc(C3CC3)n2)ccc1CCl.CCc1cc(-c2noc(C3CC3)n2)ccc1N.CCc1cc(-c2noc(C3CC3)n2)ccc1S(C)=O.CCc1cc(-c2noc(C3CC3)n2)ccc1SC.CCc1cc(/C(N)=N\O)ccc1CC(C)=O.[C-]#[N+]c1ccc(CC(C)=O)c(CC)c1. The molecule has 5 aromatic heterocycles. The second-order valence-electron chi connectivity index (χ2n) is 31.1. The van der Waals surface area contributed by atoms with Gasteiger partial charge >= 0.3 is 0 Å². The molecule has 1 atom stereocenters. The first-order valence-corrected chi connectivity index (χ1v) is 45.4. The maximum atomic E-state index is 11.6. The van der Waals surface area contributed by atoms with Gasteiger partial charge in [0.05, 0.1) is 17.4 Å². The van der Waals surface area contributed by atoms with Gasteiger partial charge in [-0.3, -0.25) is 18.6 Å². The van der Waals surface area contributed by atoms with Gasteiger partial charge in [0.15, 0.2) is 11.5 Å². The number of hydrogen-bond acceptors (Lipinski definition) is 23. The van der Waals surface area contributed by atoms with Crippen LogP contribution in [-0.2, 0) is 95.3 Å². The predicted octanol–water partition coefficient (Wildman–Crippen LogP) is 21.2. The zero-order valence-electron chi connectivity index (χ0n) is 71.7. The van der Waals surface area contributed by atoms with E-state index in [4.69, 9.17) is 57.5 Å². The van der Waals surface area contributed by atoms with E-state index in [1.165, 1.54) is 65.7 Å². The number of anilines is 1. The fourth-order valence-corrected chi connectivity index (χ4v) is 15.3. The maximum Gasteiger partial charge on any atom is 0.230 e. The lowest BCUT2D eigenvalue weighted by Crippen LogP contribution is -2.14. The highest BCUT2D eigenvalue weighted by molar-refractivity contribution is 7.98. The van der Waals surface area contributed by atoms with Crippen molar-refractivity contribution in [1.82, 2.24) is 50.7 Å². The molecule has 0 aliphatic heterocycles. The molecule has 5 aliphatic rings. The second-order valence-corrected chi connectivity index (χ2v) is 33.6. The van der Waals surface area contributed by atoms with E-state index in [-0.39, 0.29) is 23.2 Å². The summed E-state index contributed by atoms with van der Waals surface area (Å²) >= 11 is 7.69. The average molecular weight is 1710 g/mol. The van der Waals surface area contributed by atoms with Crippen molar-refractivity contribution in [1.29, 1.82) is 0 Å². The van der Waals surface area contributed by atoms with Crippen LogP contribution in [0.4, 0.5) is 11.4 Å². The first-order chi connectivity index (χ1) is 59.0. The normalized spacial score (nSPS) is 14.1. The molecule has 24 nitrogen and oxygen atoms in total. The van der Waals surface area contributed by atoms with Crippen molar-refractivity contribution >= 4 is 68.7 Å². The summed E-state index contributed by atoms with van der Waals surface area (Å²) in [6, 6.07) is 41.3. The van der Waals surface area contributed by atoms with Crippen molar-refractivity contribution in [3.8, 4) is 56.9 Å². The maximum absolute atomic E-state index is 11.6. The van der Waals surface area contributed by atoms with Gasteiger partial charge in [0.25, 0.3) is 0 Å². The number of carbonyl (C=O) groups excluding carboxylic acids is 3. The zero-order valence-corrected chi connectivity index (χ0v) is 74.1. The van der Waals surface area contributed by atoms with Crippen molar-refractivity contribution in [2.75, 3.05) is 18.2 Å². The number of oxime groups is 1. The number of hydrogen-bond donors (Lipinski definition) is 3. The minimum absolute atomic E-state index is 0.0871. The van der Waals surface area contributed by atoms with Gasteiger partial charge in [-0.2, -0.15) is 24.9 Å². The van der Waals surface area contributed by atoms with Crippen LogP contribution in [0.15, 0.2) is 165 Å².